The van der Waals surface area contributed by atoms with Crippen molar-refractivity contribution in [2.75, 3.05) is 6.61 Å². The van der Waals surface area contributed by atoms with Gasteiger partial charge in [0.25, 0.3) is 0 Å². The van der Waals surface area contributed by atoms with Gasteiger partial charge in [0.05, 0.1) is 0 Å². The molecule has 1 aliphatic rings. The first-order chi connectivity index (χ1) is 16.2. The fraction of sp³-hybridized carbons (Fsp3) is 0.167. The molecule has 0 saturated carbocycles. The van der Waals surface area contributed by atoms with Crippen LogP contribution in [0.25, 0.3) is 11.1 Å². The summed E-state index contributed by atoms with van der Waals surface area (Å²) in [6.45, 7) is 1.02. The number of alkyl carbamates (subject to hydrolysis) is 1. The van der Waals surface area contributed by atoms with Gasteiger partial charge in [-0.05, 0) is 29.2 Å². The maximum atomic E-state index is 13.7. The first-order valence-corrected chi connectivity index (χ1v) is 10.0. The predicted molar refractivity (Wildman–Crippen MR) is 110 cm³/mol. The van der Waals surface area contributed by atoms with Crippen molar-refractivity contribution in [3.05, 3.63) is 88.7 Å². The second-order valence-electron chi connectivity index (χ2n) is 7.51. The number of hydrogen-bond donors (Lipinski definition) is 1. The predicted octanol–water partition coefficient (Wildman–Crippen LogP) is 5.21. The van der Waals surface area contributed by atoms with Crippen molar-refractivity contribution in [1.29, 1.82) is 0 Å². The standard InChI is InChI=1S/C24H16F5NO4/c1-11(23(31)34-22-20(28)18(26)17(25)19(27)21(22)29)30-24(32)33-10-16-14-8-4-2-6-12(14)13-7-3-5-9-15(13)16/h2-9,11,16H,10H2,1H3,(H,30,32)/t11-/m0/s1. The third-order valence-electron chi connectivity index (χ3n) is 5.40. The Morgan fingerprint density at radius 2 is 1.29 bits per heavy atom. The first-order valence-electron chi connectivity index (χ1n) is 10.0. The van der Waals surface area contributed by atoms with Gasteiger partial charge in [0, 0.05) is 5.92 Å². The molecule has 0 aromatic heterocycles. The third-order valence-corrected chi connectivity index (χ3v) is 5.40. The summed E-state index contributed by atoms with van der Waals surface area (Å²) in [6.07, 6.45) is -1.04. The van der Waals surface area contributed by atoms with Crippen LogP contribution >= 0.6 is 0 Å². The lowest BCUT2D eigenvalue weighted by atomic mass is 9.98. The molecule has 3 aromatic rings. The highest BCUT2D eigenvalue weighted by molar-refractivity contribution is 5.83. The van der Waals surface area contributed by atoms with Crippen LogP contribution in [0.15, 0.2) is 48.5 Å². The summed E-state index contributed by atoms with van der Waals surface area (Å²) in [6, 6.07) is 13.7. The summed E-state index contributed by atoms with van der Waals surface area (Å²) in [5.74, 6) is -15.0. The van der Waals surface area contributed by atoms with E-state index >= 15 is 0 Å². The van der Waals surface area contributed by atoms with Gasteiger partial charge in [-0.25, -0.2) is 22.8 Å². The zero-order valence-electron chi connectivity index (χ0n) is 17.5. The highest BCUT2D eigenvalue weighted by Crippen LogP contribution is 2.44. The zero-order valence-corrected chi connectivity index (χ0v) is 17.5. The Morgan fingerprint density at radius 1 is 0.824 bits per heavy atom. The molecule has 176 valence electrons. The molecule has 10 heteroatoms. The van der Waals surface area contributed by atoms with Crippen LogP contribution < -0.4 is 10.1 Å². The normalized spacial score (nSPS) is 13.1. The van der Waals surface area contributed by atoms with Crippen molar-refractivity contribution in [3.8, 4) is 16.9 Å². The van der Waals surface area contributed by atoms with Crippen molar-refractivity contribution in [3.63, 3.8) is 0 Å². The second-order valence-corrected chi connectivity index (χ2v) is 7.51. The van der Waals surface area contributed by atoms with Gasteiger partial charge >= 0.3 is 12.1 Å². The van der Waals surface area contributed by atoms with Crippen molar-refractivity contribution in [1.82, 2.24) is 5.32 Å². The van der Waals surface area contributed by atoms with Crippen LogP contribution in [-0.2, 0) is 9.53 Å². The van der Waals surface area contributed by atoms with Crippen LogP contribution in [0.5, 0.6) is 5.75 Å². The molecule has 1 amide bonds. The lowest BCUT2D eigenvalue weighted by molar-refractivity contribution is -0.136. The van der Waals surface area contributed by atoms with Gasteiger partial charge in [-0.1, -0.05) is 48.5 Å². The van der Waals surface area contributed by atoms with E-state index in [0.717, 1.165) is 29.2 Å². The van der Waals surface area contributed by atoms with Crippen molar-refractivity contribution in [2.45, 2.75) is 18.9 Å². The number of carbonyl (C=O) groups is 2. The SMILES string of the molecule is C[C@H](NC(=O)OCC1c2ccccc2-c2ccccc21)C(=O)Oc1c(F)c(F)c(F)c(F)c1F. The summed E-state index contributed by atoms with van der Waals surface area (Å²) < 4.78 is 76.7. The Labute approximate surface area is 190 Å². The van der Waals surface area contributed by atoms with Gasteiger partial charge in [-0.15, -0.1) is 0 Å². The largest absolute Gasteiger partial charge is 0.449 e. The minimum Gasteiger partial charge on any atom is -0.449 e. The van der Waals surface area contributed by atoms with E-state index in [-0.39, 0.29) is 12.5 Å². The fourth-order valence-electron chi connectivity index (χ4n) is 3.74. The van der Waals surface area contributed by atoms with Crippen LogP contribution in [0.1, 0.15) is 24.0 Å². The monoisotopic (exact) mass is 477 g/mol. The number of rotatable bonds is 5. The summed E-state index contributed by atoms with van der Waals surface area (Å²) in [5, 5.41) is 2.11. The molecule has 3 aromatic carbocycles. The Balaban J connectivity index is 1.40. The van der Waals surface area contributed by atoms with E-state index in [1.807, 2.05) is 48.5 Å². The number of carbonyl (C=O) groups excluding carboxylic acids is 2. The smallest absolute Gasteiger partial charge is 0.407 e. The molecule has 0 spiro atoms. The maximum absolute atomic E-state index is 13.7. The summed E-state index contributed by atoms with van der Waals surface area (Å²) in [4.78, 5) is 24.3. The zero-order chi connectivity index (χ0) is 24.6. The highest BCUT2D eigenvalue weighted by Gasteiger charge is 2.31. The van der Waals surface area contributed by atoms with E-state index in [9.17, 15) is 31.5 Å². The molecule has 5 nitrogen and oxygen atoms in total. The van der Waals surface area contributed by atoms with E-state index in [4.69, 9.17) is 4.74 Å². The molecule has 0 bridgehead atoms. The first kappa shape index (κ1) is 23.2. The van der Waals surface area contributed by atoms with Crippen molar-refractivity contribution >= 4 is 12.1 Å². The molecule has 0 heterocycles. The number of ether oxygens (including phenoxy) is 2. The molecule has 4 rings (SSSR count). The van der Waals surface area contributed by atoms with Gasteiger partial charge in [-0.3, -0.25) is 0 Å². The minimum absolute atomic E-state index is 0.0702. The number of fused-ring (bicyclic) bond motifs is 3. The molecule has 0 aliphatic heterocycles. The fourth-order valence-corrected chi connectivity index (χ4v) is 3.74. The Bertz CT molecular complexity index is 1220. The molecule has 34 heavy (non-hydrogen) atoms. The highest BCUT2D eigenvalue weighted by atomic mass is 19.2. The van der Waals surface area contributed by atoms with Gasteiger partial charge in [-0.2, -0.15) is 8.78 Å². The lowest BCUT2D eigenvalue weighted by Crippen LogP contribution is -2.41. The molecule has 1 atom stereocenters. The number of esters is 1. The maximum Gasteiger partial charge on any atom is 0.407 e. The van der Waals surface area contributed by atoms with Crippen LogP contribution in [-0.4, -0.2) is 24.7 Å². The Hall–Kier alpha value is -3.95. The van der Waals surface area contributed by atoms with Crippen LogP contribution in [0.4, 0.5) is 26.7 Å². The molecule has 1 aliphatic carbocycles. The molecule has 0 fully saturated rings. The van der Waals surface area contributed by atoms with Gasteiger partial charge < -0.3 is 14.8 Å². The summed E-state index contributed by atoms with van der Waals surface area (Å²) in [7, 11) is 0. The number of amides is 1. The third kappa shape index (κ3) is 4.07. The number of halogens is 5. The van der Waals surface area contributed by atoms with E-state index in [1.54, 1.807) is 0 Å². The summed E-state index contributed by atoms with van der Waals surface area (Å²) >= 11 is 0. The van der Waals surface area contributed by atoms with Gasteiger partial charge in [0.1, 0.15) is 12.6 Å². The topological polar surface area (TPSA) is 64.6 Å². The number of nitrogens with one attached hydrogen (secondary N) is 1. The Morgan fingerprint density at radius 3 is 1.82 bits per heavy atom. The van der Waals surface area contributed by atoms with E-state index < -0.39 is 52.9 Å². The molecule has 1 N–H and O–H groups in total. The second kappa shape index (κ2) is 9.12. The molecule has 0 radical (unpaired) electrons. The summed E-state index contributed by atoms with van der Waals surface area (Å²) in [5.41, 5.74) is 3.92. The molecule has 0 saturated heterocycles. The Kier molecular flexibility index (Phi) is 6.23. The lowest BCUT2D eigenvalue weighted by Gasteiger charge is -2.17. The van der Waals surface area contributed by atoms with Crippen molar-refractivity contribution in [2.24, 2.45) is 0 Å². The number of benzene rings is 3. The molecule has 0 unspecified atom stereocenters. The number of hydrogen-bond acceptors (Lipinski definition) is 4. The van der Waals surface area contributed by atoms with Crippen LogP contribution in [0, 0.1) is 29.1 Å². The van der Waals surface area contributed by atoms with E-state index in [1.165, 1.54) is 0 Å². The minimum atomic E-state index is -2.39. The van der Waals surface area contributed by atoms with Crippen LogP contribution in [0.2, 0.25) is 0 Å². The van der Waals surface area contributed by atoms with Crippen molar-refractivity contribution < 1.29 is 41.0 Å². The van der Waals surface area contributed by atoms with Crippen LogP contribution in [0.3, 0.4) is 0 Å². The molecular weight excluding hydrogens is 461 g/mol. The average molecular weight is 477 g/mol. The average Bonchev–Trinajstić information content (AvgIpc) is 3.16. The quantitative estimate of drug-likeness (QED) is 0.180. The van der Waals surface area contributed by atoms with Gasteiger partial charge in [0.15, 0.2) is 0 Å². The van der Waals surface area contributed by atoms with Gasteiger partial charge in [0.2, 0.25) is 34.8 Å². The van der Waals surface area contributed by atoms with E-state index in [0.29, 0.717) is 0 Å². The molecular formula is C24H16F5NO4. The van der Waals surface area contributed by atoms with E-state index in [2.05, 4.69) is 10.1 Å².